The SMILES string of the molecule is COC(=O)C1=C(CN2CCN3C(=O)N(c4nc(-c5ccc(CC(C)(C)C(=O)O)cc5)cs4)CC3C2)NC(c2nccs2)=NC1c1ccc(Cl)cc1Cl. The number of urea groups is 1. The van der Waals surface area contributed by atoms with Crippen LogP contribution in [0.15, 0.2) is 75.7 Å². The van der Waals surface area contributed by atoms with E-state index >= 15 is 0 Å². The van der Waals surface area contributed by atoms with Crippen molar-refractivity contribution < 1.29 is 24.2 Å². The van der Waals surface area contributed by atoms with Crippen molar-refractivity contribution in [2.75, 3.05) is 44.7 Å². The van der Waals surface area contributed by atoms with Gasteiger partial charge in [-0.1, -0.05) is 53.5 Å². The molecular formula is C36H35Cl2N7O5S2. The number of amides is 2. The fourth-order valence-electron chi connectivity index (χ4n) is 6.67. The normalized spacial score (nSPS) is 19.4. The van der Waals surface area contributed by atoms with Crippen LogP contribution < -0.4 is 10.2 Å². The van der Waals surface area contributed by atoms with Gasteiger partial charge in [0, 0.05) is 70.0 Å². The minimum Gasteiger partial charge on any atom is -0.481 e. The number of nitrogens with one attached hydrogen (secondary N) is 1. The number of carboxylic acids is 1. The Morgan fingerprint density at radius 1 is 1.10 bits per heavy atom. The second-order valence-electron chi connectivity index (χ2n) is 13.4. The van der Waals surface area contributed by atoms with Gasteiger partial charge in [-0.2, -0.15) is 0 Å². The number of thiazole rings is 2. The standard InChI is InChI=1S/C36H35Cl2N7O5S2/c1-36(2,33(47)48)15-20-4-6-21(7-5-20)27-19-52-34(41-27)45-17-23-16-43(11-12-44(23)35(45)49)18-26-28(32(46)50-3)29(24-9-8-22(37)14-25(24)38)42-30(40-26)31-39-10-13-51-31/h4-10,13-14,19,23,29H,11-12,15-18H2,1-3H3,(H,40,42)(H,47,48). The summed E-state index contributed by atoms with van der Waals surface area (Å²) in [6.45, 7) is 5.93. The zero-order valence-electron chi connectivity index (χ0n) is 28.5. The molecule has 2 aromatic heterocycles. The van der Waals surface area contributed by atoms with Gasteiger partial charge in [0.1, 0.15) is 6.04 Å². The second kappa shape index (κ2) is 14.6. The molecule has 3 aliphatic rings. The number of aliphatic imine (C=N–C) groups is 1. The fraction of sp³-hybridized carbons (Fsp3) is 0.333. The number of aromatic nitrogens is 2. The van der Waals surface area contributed by atoms with Gasteiger partial charge in [-0.15, -0.1) is 22.7 Å². The second-order valence-corrected chi connectivity index (χ2v) is 16.0. The lowest BCUT2D eigenvalue weighted by Crippen LogP contribution is -2.53. The number of fused-ring (bicyclic) bond motifs is 1. The summed E-state index contributed by atoms with van der Waals surface area (Å²) < 4.78 is 5.27. The number of benzene rings is 2. The Labute approximate surface area is 318 Å². The first-order valence-corrected chi connectivity index (χ1v) is 19.0. The molecule has 2 unspecified atom stereocenters. The van der Waals surface area contributed by atoms with Gasteiger partial charge in [0.25, 0.3) is 0 Å². The summed E-state index contributed by atoms with van der Waals surface area (Å²) in [7, 11) is 1.34. The van der Waals surface area contributed by atoms with Crippen LogP contribution in [0.2, 0.25) is 10.0 Å². The minimum absolute atomic E-state index is 0.0855. The number of hydrogen-bond acceptors (Lipinski definition) is 11. The van der Waals surface area contributed by atoms with Crippen LogP contribution in [0.3, 0.4) is 0 Å². The monoisotopic (exact) mass is 779 g/mol. The zero-order chi connectivity index (χ0) is 36.7. The molecular weight excluding hydrogens is 745 g/mol. The highest BCUT2D eigenvalue weighted by Gasteiger charge is 2.43. The van der Waals surface area contributed by atoms with E-state index in [0.29, 0.717) is 82.0 Å². The van der Waals surface area contributed by atoms with Crippen molar-refractivity contribution in [1.29, 1.82) is 0 Å². The maximum absolute atomic E-state index is 13.7. The Morgan fingerprint density at radius 3 is 2.58 bits per heavy atom. The highest BCUT2D eigenvalue weighted by atomic mass is 35.5. The molecule has 3 aliphatic heterocycles. The molecule has 0 aliphatic carbocycles. The van der Waals surface area contributed by atoms with Gasteiger partial charge >= 0.3 is 18.0 Å². The van der Waals surface area contributed by atoms with Crippen molar-refractivity contribution in [2.24, 2.45) is 10.4 Å². The molecule has 4 aromatic rings. The molecule has 5 heterocycles. The van der Waals surface area contributed by atoms with Crippen LogP contribution >= 0.6 is 45.9 Å². The predicted octanol–water partition coefficient (Wildman–Crippen LogP) is 6.37. The molecule has 270 valence electrons. The van der Waals surface area contributed by atoms with Crippen molar-refractivity contribution in [3.05, 3.63) is 96.9 Å². The van der Waals surface area contributed by atoms with Crippen molar-refractivity contribution in [1.82, 2.24) is 25.1 Å². The lowest BCUT2D eigenvalue weighted by atomic mass is 9.86. The highest BCUT2D eigenvalue weighted by Crippen LogP contribution is 2.38. The third kappa shape index (κ3) is 7.18. The first-order valence-electron chi connectivity index (χ1n) is 16.5. The average Bonchev–Trinajstić information content (AvgIpc) is 3.89. The van der Waals surface area contributed by atoms with E-state index in [1.165, 1.54) is 29.8 Å². The van der Waals surface area contributed by atoms with E-state index in [0.717, 1.165) is 16.8 Å². The van der Waals surface area contributed by atoms with Crippen molar-refractivity contribution >= 4 is 74.8 Å². The number of hydrogen-bond donors (Lipinski definition) is 2. The smallest absolute Gasteiger partial charge is 0.338 e. The number of esters is 1. The number of carbonyl (C=O) groups is 3. The van der Waals surface area contributed by atoms with E-state index in [4.69, 9.17) is 37.9 Å². The lowest BCUT2D eigenvalue weighted by Gasteiger charge is -2.38. The number of carbonyl (C=O) groups excluding carboxylic acids is 2. The molecule has 2 fully saturated rings. The molecule has 0 radical (unpaired) electrons. The molecule has 0 spiro atoms. The van der Waals surface area contributed by atoms with Gasteiger partial charge < -0.3 is 20.1 Å². The van der Waals surface area contributed by atoms with Crippen LogP contribution in [0.25, 0.3) is 11.3 Å². The number of anilines is 1. The third-order valence-electron chi connectivity index (χ3n) is 9.44. The number of methoxy groups -OCH3 is 1. The van der Waals surface area contributed by atoms with Crippen LogP contribution in [-0.2, 0) is 20.7 Å². The van der Waals surface area contributed by atoms with Gasteiger partial charge in [-0.05, 0) is 38.0 Å². The Morgan fingerprint density at radius 2 is 1.88 bits per heavy atom. The number of amidine groups is 1. The number of halogens is 2. The molecule has 2 aromatic carbocycles. The van der Waals surface area contributed by atoms with Crippen LogP contribution in [0.4, 0.5) is 9.93 Å². The summed E-state index contributed by atoms with van der Waals surface area (Å²) in [5.41, 5.74) is 3.28. The van der Waals surface area contributed by atoms with Crippen molar-refractivity contribution in [3.63, 3.8) is 0 Å². The fourth-order valence-corrected chi connectivity index (χ4v) is 8.60. The van der Waals surface area contributed by atoms with E-state index in [2.05, 4.69) is 15.2 Å². The predicted molar refractivity (Wildman–Crippen MR) is 202 cm³/mol. The summed E-state index contributed by atoms with van der Waals surface area (Å²) >= 11 is 15.7. The van der Waals surface area contributed by atoms with E-state index in [1.54, 1.807) is 43.1 Å². The third-order valence-corrected chi connectivity index (χ3v) is 11.6. The van der Waals surface area contributed by atoms with Gasteiger partial charge in [0.05, 0.1) is 36.4 Å². The largest absolute Gasteiger partial charge is 0.481 e. The number of nitrogens with zero attached hydrogens (tertiary/aromatic N) is 6. The first kappa shape index (κ1) is 36.0. The summed E-state index contributed by atoms with van der Waals surface area (Å²) in [6.07, 6.45) is 2.11. The van der Waals surface area contributed by atoms with E-state index in [1.807, 2.05) is 39.9 Å². The number of rotatable bonds is 10. The van der Waals surface area contributed by atoms with Crippen molar-refractivity contribution in [2.45, 2.75) is 32.4 Å². The topological polar surface area (TPSA) is 141 Å². The minimum atomic E-state index is -0.867. The van der Waals surface area contributed by atoms with Crippen LogP contribution in [-0.4, -0.2) is 94.6 Å². The molecule has 0 bridgehead atoms. The summed E-state index contributed by atoms with van der Waals surface area (Å²) in [5, 5.41) is 18.8. The molecule has 16 heteroatoms. The molecule has 0 saturated carbocycles. The van der Waals surface area contributed by atoms with Gasteiger partial charge in [-0.25, -0.2) is 19.6 Å². The number of aliphatic carboxylic acids is 1. The molecule has 52 heavy (non-hydrogen) atoms. The molecule has 2 atom stereocenters. The zero-order valence-corrected chi connectivity index (χ0v) is 31.7. The Balaban J connectivity index is 1.09. The molecule has 2 N–H and O–H groups in total. The summed E-state index contributed by atoms with van der Waals surface area (Å²) in [4.78, 5) is 58.6. The number of piperazine rings is 1. The quantitative estimate of drug-likeness (QED) is 0.176. The van der Waals surface area contributed by atoms with E-state index in [-0.39, 0.29) is 12.1 Å². The van der Waals surface area contributed by atoms with Crippen molar-refractivity contribution in [3.8, 4) is 11.3 Å². The van der Waals surface area contributed by atoms with Gasteiger partial charge in [0.2, 0.25) is 0 Å². The highest BCUT2D eigenvalue weighted by molar-refractivity contribution is 7.14. The maximum Gasteiger partial charge on any atom is 0.338 e. The van der Waals surface area contributed by atoms with Crippen LogP contribution in [0.1, 0.15) is 36.0 Å². The molecule has 2 amide bonds. The summed E-state index contributed by atoms with van der Waals surface area (Å²) in [6, 6.07) is 11.9. The average molecular weight is 781 g/mol. The number of ether oxygens (including phenoxy) is 1. The summed E-state index contributed by atoms with van der Waals surface area (Å²) in [5.74, 6) is -0.847. The van der Waals surface area contributed by atoms with Crippen LogP contribution in [0.5, 0.6) is 0 Å². The molecule has 7 rings (SSSR count). The Kier molecular flexibility index (Phi) is 10.1. The first-order chi connectivity index (χ1) is 24.9. The molecule has 12 nitrogen and oxygen atoms in total. The Hall–Kier alpha value is -4.34. The van der Waals surface area contributed by atoms with Gasteiger partial charge in [-0.3, -0.25) is 19.6 Å². The lowest BCUT2D eigenvalue weighted by molar-refractivity contribution is -0.146. The van der Waals surface area contributed by atoms with Crippen LogP contribution in [0, 0.1) is 5.41 Å². The van der Waals surface area contributed by atoms with E-state index in [9.17, 15) is 19.5 Å². The van der Waals surface area contributed by atoms with Gasteiger partial charge in [0.15, 0.2) is 16.0 Å². The number of carboxylic acid groups (broad SMARTS) is 1. The maximum atomic E-state index is 13.7. The van der Waals surface area contributed by atoms with E-state index < -0.39 is 23.4 Å². The molecule has 2 saturated heterocycles. The Bertz CT molecular complexity index is 2080.